The number of thioether (sulfide) groups is 1. The molecule has 118 valence electrons. The first kappa shape index (κ1) is 17.8. The van der Waals surface area contributed by atoms with Crippen LogP contribution in [0, 0.1) is 11.5 Å². The van der Waals surface area contributed by atoms with Gasteiger partial charge in [-0.2, -0.15) is 14.0 Å². The number of morpholine rings is 1. The third-order valence-electron chi connectivity index (χ3n) is 2.70. The summed E-state index contributed by atoms with van der Waals surface area (Å²) in [6.45, 7) is 4.29. The van der Waals surface area contributed by atoms with Crippen LogP contribution >= 0.6 is 11.8 Å². The molecule has 21 heavy (non-hydrogen) atoms. The molecule has 0 aliphatic carbocycles. The predicted molar refractivity (Wildman–Crippen MR) is 75.7 cm³/mol. The van der Waals surface area contributed by atoms with Crippen molar-refractivity contribution < 1.29 is 17.9 Å². The van der Waals surface area contributed by atoms with E-state index < -0.39 is 11.9 Å². The molecule has 0 spiro atoms. The molecule has 1 fully saturated rings. The lowest BCUT2D eigenvalue weighted by atomic mass is 10.4. The number of nitrogens with zero attached hydrogens (tertiary/aromatic N) is 3. The Balaban J connectivity index is 2.32. The molecule has 5 nitrogen and oxygen atoms in total. The Morgan fingerprint density at radius 2 is 2.05 bits per heavy atom. The van der Waals surface area contributed by atoms with Gasteiger partial charge in [0.25, 0.3) is 0 Å². The topological polar surface area (TPSA) is 60.7 Å². The molecule has 0 aromatic carbocycles. The molecule has 9 heteroatoms. The summed E-state index contributed by atoms with van der Waals surface area (Å²) in [6, 6.07) is 0. The van der Waals surface area contributed by atoms with Crippen molar-refractivity contribution in [1.29, 1.82) is 5.26 Å². The van der Waals surface area contributed by atoms with E-state index in [1.807, 2.05) is 0 Å². The fourth-order valence-corrected chi connectivity index (χ4v) is 2.39. The quantitative estimate of drug-likeness (QED) is 0.350. The van der Waals surface area contributed by atoms with Crippen LogP contribution in [0.25, 0.3) is 0 Å². The zero-order chi connectivity index (χ0) is 15.5. The van der Waals surface area contributed by atoms with Crippen LogP contribution in [0.1, 0.15) is 6.42 Å². The van der Waals surface area contributed by atoms with E-state index in [4.69, 9.17) is 10.00 Å². The highest BCUT2D eigenvalue weighted by Crippen LogP contribution is 2.16. The Hall–Kier alpha value is -1.24. The van der Waals surface area contributed by atoms with E-state index in [1.165, 1.54) is 0 Å². The highest BCUT2D eigenvalue weighted by molar-refractivity contribution is 8.13. The number of hydrogen-bond acceptors (Lipinski definition) is 5. The summed E-state index contributed by atoms with van der Waals surface area (Å²) >= 11 is 1.04. The molecule has 1 saturated heterocycles. The number of allylic oxidation sites excluding steroid dienone is 1. The summed E-state index contributed by atoms with van der Waals surface area (Å²) in [5.41, 5.74) is 0. The number of nitrogens with one attached hydrogen (secondary N) is 1. The molecule has 1 N–H and O–H groups in total. The van der Waals surface area contributed by atoms with Gasteiger partial charge >= 0.3 is 6.08 Å². The first-order valence-corrected chi connectivity index (χ1v) is 7.44. The first-order chi connectivity index (χ1) is 10.1. The van der Waals surface area contributed by atoms with Crippen molar-refractivity contribution in [3.63, 3.8) is 0 Å². The largest absolute Gasteiger partial charge is 0.379 e. The summed E-state index contributed by atoms with van der Waals surface area (Å²) in [7, 11) is 0. The number of amidine groups is 1. The van der Waals surface area contributed by atoms with Crippen LogP contribution in [-0.4, -0.2) is 55.2 Å². The molecule has 1 aliphatic rings. The summed E-state index contributed by atoms with van der Waals surface area (Å²) in [5.74, 6) is -1.33. The summed E-state index contributed by atoms with van der Waals surface area (Å²) in [5, 5.41) is 11.3. The van der Waals surface area contributed by atoms with Gasteiger partial charge in [0, 0.05) is 31.8 Å². The van der Waals surface area contributed by atoms with Gasteiger partial charge in [-0.3, -0.25) is 15.2 Å². The van der Waals surface area contributed by atoms with Gasteiger partial charge in [0.15, 0.2) is 17.2 Å². The summed E-state index contributed by atoms with van der Waals surface area (Å²) < 4.78 is 41.6. The standard InChI is InChI=1S/C12H17F3N4OS/c13-10(11(14)15)1-8-21-12(18-9-16)17-2-3-19-4-6-20-7-5-19/h1-8H2,(H,17,18). The number of hydrogen-bond donors (Lipinski definition) is 1. The van der Waals surface area contributed by atoms with Crippen LogP contribution in [0.15, 0.2) is 16.9 Å². The van der Waals surface area contributed by atoms with Crippen molar-refractivity contribution >= 4 is 16.9 Å². The predicted octanol–water partition coefficient (Wildman–Crippen LogP) is 1.95. The van der Waals surface area contributed by atoms with Crippen molar-refractivity contribution in [3.05, 3.63) is 11.9 Å². The van der Waals surface area contributed by atoms with Crippen molar-refractivity contribution in [3.8, 4) is 6.19 Å². The maximum atomic E-state index is 12.6. The Morgan fingerprint density at radius 1 is 1.33 bits per heavy atom. The molecule has 1 rings (SSSR count). The van der Waals surface area contributed by atoms with Gasteiger partial charge < -0.3 is 4.74 Å². The van der Waals surface area contributed by atoms with Gasteiger partial charge in [-0.25, -0.2) is 4.39 Å². The van der Waals surface area contributed by atoms with E-state index in [-0.39, 0.29) is 12.2 Å². The van der Waals surface area contributed by atoms with Gasteiger partial charge in [0.05, 0.1) is 19.8 Å². The van der Waals surface area contributed by atoms with Gasteiger partial charge in [-0.15, -0.1) is 0 Å². The lowest BCUT2D eigenvalue weighted by Crippen LogP contribution is -2.37. The van der Waals surface area contributed by atoms with Crippen molar-refractivity contribution in [2.75, 3.05) is 45.1 Å². The second-order valence-corrected chi connectivity index (χ2v) is 5.23. The highest BCUT2D eigenvalue weighted by atomic mass is 32.2. The summed E-state index contributed by atoms with van der Waals surface area (Å²) in [4.78, 5) is 6.37. The molecule has 0 unspecified atom stereocenters. The minimum Gasteiger partial charge on any atom is -0.379 e. The smallest absolute Gasteiger partial charge is 0.301 e. The van der Waals surface area contributed by atoms with E-state index in [0.717, 1.165) is 31.4 Å². The molecule has 0 aromatic rings. The molecule has 0 saturated carbocycles. The first-order valence-electron chi connectivity index (χ1n) is 6.45. The fourth-order valence-electron chi connectivity index (χ4n) is 1.62. The van der Waals surface area contributed by atoms with Crippen molar-refractivity contribution in [2.45, 2.75) is 6.42 Å². The van der Waals surface area contributed by atoms with E-state index in [0.29, 0.717) is 24.9 Å². The third kappa shape index (κ3) is 7.94. The molecule has 1 heterocycles. The Kier molecular flexibility index (Phi) is 8.89. The van der Waals surface area contributed by atoms with Crippen molar-refractivity contribution in [2.24, 2.45) is 4.99 Å². The number of aliphatic imine (C=N–C) groups is 1. The monoisotopic (exact) mass is 322 g/mol. The minimum atomic E-state index is -2.30. The second kappa shape index (κ2) is 10.5. The zero-order valence-electron chi connectivity index (χ0n) is 11.4. The molecular formula is C12H17F3N4OS. The van der Waals surface area contributed by atoms with Crippen LogP contribution in [0.3, 0.4) is 0 Å². The molecule has 0 bridgehead atoms. The number of rotatable bonds is 6. The third-order valence-corrected chi connectivity index (χ3v) is 3.62. The average Bonchev–Trinajstić information content (AvgIpc) is 2.48. The second-order valence-electron chi connectivity index (χ2n) is 4.14. The van der Waals surface area contributed by atoms with E-state index in [2.05, 4.69) is 15.2 Å². The van der Waals surface area contributed by atoms with Gasteiger partial charge in [-0.05, 0) is 0 Å². The highest BCUT2D eigenvalue weighted by Gasteiger charge is 2.10. The van der Waals surface area contributed by atoms with E-state index in [1.54, 1.807) is 6.19 Å². The lowest BCUT2D eigenvalue weighted by molar-refractivity contribution is 0.0394. The number of nitriles is 1. The van der Waals surface area contributed by atoms with Gasteiger partial charge in [0.1, 0.15) is 0 Å². The van der Waals surface area contributed by atoms with Crippen LogP contribution < -0.4 is 5.32 Å². The average molecular weight is 322 g/mol. The Labute approximate surface area is 125 Å². The molecule has 0 atom stereocenters. The zero-order valence-corrected chi connectivity index (χ0v) is 12.3. The van der Waals surface area contributed by atoms with Crippen LogP contribution in [0.4, 0.5) is 13.2 Å². The molecule has 0 amide bonds. The maximum Gasteiger partial charge on any atom is 0.301 e. The van der Waals surface area contributed by atoms with Crippen molar-refractivity contribution in [1.82, 2.24) is 10.2 Å². The molecule has 1 aliphatic heterocycles. The van der Waals surface area contributed by atoms with Crippen LogP contribution in [0.2, 0.25) is 0 Å². The number of halogens is 3. The SMILES string of the molecule is N#CNC(=NCCN1CCOCC1)SCCC(F)=C(F)F. The summed E-state index contributed by atoms with van der Waals surface area (Å²) in [6.07, 6.45) is -0.955. The van der Waals surface area contributed by atoms with Gasteiger partial charge in [0.2, 0.25) is 0 Å². The van der Waals surface area contributed by atoms with Gasteiger partial charge in [-0.1, -0.05) is 11.8 Å². The Morgan fingerprint density at radius 3 is 2.67 bits per heavy atom. The maximum absolute atomic E-state index is 12.6. The Bertz CT molecular complexity index is 415. The number of ether oxygens (including phenoxy) is 1. The lowest BCUT2D eigenvalue weighted by Gasteiger charge is -2.25. The van der Waals surface area contributed by atoms with Crippen LogP contribution in [0.5, 0.6) is 0 Å². The molecule has 0 radical (unpaired) electrons. The normalized spacial score (nSPS) is 16.4. The van der Waals surface area contributed by atoms with E-state index in [9.17, 15) is 13.2 Å². The molecule has 0 aromatic heterocycles. The van der Waals surface area contributed by atoms with Crippen LogP contribution in [-0.2, 0) is 4.74 Å². The molecular weight excluding hydrogens is 305 g/mol. The van der Waals surface area contributed by atoms with E-state index >= 15 is 0 Å². The fraction of sp³-hybridized carbons (Fsp3) is 0.667. The minimum absolute atomic E-state index is 0.0915.